The van der Waals surface area contributed by atoms with Crippen molar-refractivity contribution in [1.82, 2.24) is 0 Å². The fourth-order valence-electron chi connectivity index (χ4n) is 2.74. The van der Waals surface area contributed by atoms with Crippen molar-refractivity contribution >= 4 is 15.9 Å². The molecule has 0 aliphatic rings. The highest BCUT2D eigenvalue weighted by molar-refractivity contribution is 7.85. The minimum atomic E-state index is -4.13. The van der Waals surface area contributed by atoms with Gasteiger partial charge in [0, 0.05) is 6.42 Å². The third-order valence-electron chi connectivity index (χ3n) is 4.10. The maximum atomic E-state index is 11.3. The monoisotopic (exact) mass is 352 g/mol. The van der Waals surface area contributed by atoms with E-state index in [0.717, 1.165) is 44.9 Å². The van der Waals surface area contributed by atoms with Crippen LogP contribution in [0.4, 0.5) is 0 Å². The van der Waals surface area contributed by atoms with Gasteiger partial charge in [0.1, 0.15) is 0 Å². The van der Waals surface area contributed by atoms with Crippen molar-refractivity contribution in [2.24, 2.45) is 0 Å². The van der Waals surface area contributed by atoms with Crippen LogP contribution in [0.15, 0.2) is 41.8 Å². The molecule has 0 amide bonds. The first-order chi connectivity index (χ1) is 11.4. The molecule has 0 radical (unpaired) electrons. The van der Waals surface area contributed by atoms with E-state index in [9.17, 15) is 17.8 Å². The number of aryl methyl sites for hydroxylation is 1. The van der Waals surface area contributed by atoms with Crippen molar-refractivity contribution in [1.29, 1.82) is 0 Å². The highest BCUT2D eigenvalue weighted by Crippen LogP contribution is 2.18. The zero-order chi connectivity index (χ0) is 17.8. The quantitative estimate of drug-likeness (QED) is 0.316. The van der Waals surface area contributed by atoms with E-state index in [0.29, 0.717) is 18.4 Å². The van der Waals surface area contributed by atoms with Crippen molar-refractivity contribution in [2.45, 2.75) is 69.1 Å². The van der Waals surface area contributed by atoms with Gasteiger partial charge in [-0.3, -0.25) is 9.35 Å². The van der Waals surface area contributed by atoms with Gasteiger partial charge < -0.3 is 0 Å². The summed E-state index contributed by atoms with van der Waals surface area (Å²) in [7, 11) is -4.13. The van der Waals surface area contributed by atoms with E-state index in [1.807, 2.05) is 0 Å². The highest BCUT2D eigenvalue weighted by atomic mass is 32.2. The minimum Gasteiger partial charge on any atom is -0.295 e. The van der Waals surface area contributed by atoms with Crippen LogP contribution in [0, 0.1) is 0 Å². The summed E-state index contributed by atoms with van der Waals surface area (Å²) in [5.41, 5.74) is 0.687. The Labute approximate surface area is 145 Å². The summed E-state index contributed by atoms with van der Waals surface area (Å²) in [6.45, 7) is 3.46. The van der Waals surface area contributed by atoms with Crippen LogP contribution in [0.25, 0.3) is 0 Å². The van der Waals surface area contributed by atoms with Crippen LogP contribution in [-0.2, 0) is 21.3 Å². The van der Waals surface area contributed by atoms with Gasteiger partial charge in [0.25, 0.3) is 10.1 Å². The summed E-state index contributed by atoms with van der Waals surface area (Å²) in [4.78, 5) is 11.1. The Hall–Kier alpha value is -1.46. The summed E-state index contributed by atoms with van der Waals surface area (Å²) in [6.07, 6.45) is 11.3. The van der Waals surface area contributed by atoms with Crippen molar-refractivity contribution in [2.75, 3.05) is 0 Å². The molecule has 5 heteroatoms. The number of benzene rings is 1. The molecule has 0 unspecified atom stereocenters. The Morgan fingerprint density at radius 1 is 0.958 bits per heavy atom. The number of carbonyl (C=O) groups is 1. The summed E-state index contributed by atoms with van der Waals surface area (Å²) in [5.74, 6) is 0.125. The van der Waals surface area contributed by atoms with Crippen LogP contribution in [0.2, 0.25) is 0 Å². The van der Waals surface area contributed by atoms with E-state index in [4.69, 9.17) is 0 Å². The zero-order valence-corrected chi connectivity index (χ0v) is 15.1. The molecule has 0 aliphatic carbocycles. The first-order valence-electron chi connectivity index (χ1n) is 8.66. The Kier molecular flexibility index (Phi) is 9.57. The molecule has 0 saturated heterocycles. The second-order valence-electron chi connectivity index (χ2n) is 6.08. The van der Waals surface area contributed by atoms with Crippen molar-refractivity contribution in [3.63, 3.8) is 0 Å². The smallest absolute Gasteiger partial charge is 0.294 e. The predicted octanol–water partition coefficient (Wildman–Crippen LogP) is 4.74. The van der Waals surface area contributed by atoms with E-state index in [1.165, 1.54) is 18.6 Å². The summed E-state index contributed by atoms with van der Waals surface area (Å²) in [5, 5.41) is 0. The van der Waals surface area contributed by atoms with Gasteiger partial charge in [0.15, 0.2) is 5.78 Å². The number of hydrogen-bond acceptors (Lipinski definition) is 3. The first-order valence-corrected chi connectivity index (χ1v) is 10.1. The van der Waals surface area contributed by atoms with Gasteiger partial charge in [0.05, 0.1) is 4.90 Å². The van der Waals surface area contributed by atoms with Crippen molar-refractivity contribution in [3.05, 3.63) is 42.5 Å². The first kappa shape index (κ1) is 20.6. The molecule has 0 fully saturated rings. The number of hydrogen-bond donors (Lipinski definition) is 1. The largest absolute Gasteiger partial charge is 0.295 e. The van der Waals surface area contributed by atoms with E-state index in [1.54, 1.807) is 18.2 Å². The molecule has 1 aromatic carbocycles. The second kappa shape index (κ2) is 11.2. The third kappa shape index (κ3) is 8.41. The van der Waals surface area contributed by atoms with Crippen LogP contribution in [0.5, 0.6) is 0 Å². The minimum absolute atomic E-state index is 0.0269. The molecule has 0 bridgehead atoms. The molecule has 0 atom stereocenters. The number of unbranched alkanes of at least 4 members (excludes halogenated alkanes) is 7. The zero-order valence-electron chi connectivity index (χ0n) is 14.2. The summed E-state index contributed by atoms with van der Waals surface area (Å²) in [6, 6.07) is 6.62. The molecule has 0 aromatic heterocycles. The third-order valence-corrected chi connectivity index (χ3v) is 5.05. The Balaban J connectivity index is 2.11. The summed E-state index contributed by atoms with van der Waals surface area (Å²) < 4.78 is 31.8. The molecule has 1 N–H and O–H groups in total. The predicted molar refractivity (Wildman–Crippen MR) is 96.7 cm³/mol. The molecule has 24 heavy (non-hydrogen) atoms. The number of rotatable bonds is 13. The Bertz CT molecular complexity index is 620. The normalized spacial score (nSPS) is 11.4. The van der Waals surface area contributed by atoms with Gasteiger partial charge >= 0.3 is 0 Å². The Morgan fingerprint density at radius 2 is 1.50 bits per heavy atom. The average molecular weight is 352 g/mol. The van der Waals surface area contributed by atoms with Gasteiger partial charge in [-0.2, -0.15) is 8.42 Å². The fourth-order valence-corrected chi connectivity index (χ4v) is 3.49. The van der Waals surface area contributed by atoms with Crippen LogP contribution in [0.3, 0.4) is 0 Å². The molecule has 0 spiro atoms. The van der Waals surface area contributed by atoms with E-state index in [-0.39, 0.29) is 10.7 Å². The van der Waals surface area contributed by atoms with Gasteiger partial charge in [-0.1, -0.05) is 63.3 Å². The maximum Gasteiger partial charge on any atom is 0.294 e. The average Bonchev–Trinajstić information content (AvgIpc) is 2.55. The number of allylic oxidation sites excluding steroid dienone is 1. The maximum absolute atomic E-state index is 11.3. The molecule has 0 saturated carbocycles. The lowest BCUT2D eigenvalue weighted by Crippen LogP contribution is -2.03. The molecular formula is C19H28O4S. The van der Waals surface area contributed by atoms with Gasteiger partial charge in [-0.15, -0.1) is 0 Å². The molecule has 1 rings (SSSR count). The van der Waals surface area contributed by atoms with Crippen LogP contribution >= 0.6 is 0 Å². The van der Waals surface area contributed by atoms with Crippen LogP contribution in [0.1, 0.15) is 63.4 Å². The fraction of sp³-hybridized carbons (Fsp3) is 0.526. The molecule has 1 aromatic rings. The van der Waals surface area contributed by atoms with E-state index < -0.39 is 10.1 Å². The topological polar surface area (TPSA) is 71.4 Å². The van der Waals surface area contributed by atoms with Crippen molar-refractivity contribution < 1.29 is 17.8 Å². The number of carbonyl (C=O) groups excluding carboxylic acids is 1. The van der Waals surface area contributed by atoms with E-state index >= 15 is 0 Å². The SMILES string of the molecule is C=CC(=O)CCCCCCCCCCc1ccccc1S(=O)(=O)O. The van der Waals surface area contributed by atoms with Gasteiger partial charge in [-0.05, 0) is 37.0 Å². The lowest BCUT2D eigenvalue weighted by atomic mass is 10.0. The molecule has 0 heterocycles. The molecule has 0 aliphatic heterocycles. The lowest BCUT2D eigenvalue weighted by molar-refractivity contribution is -0.114. The van der Waals surface area contributed by atoms with Gasteiger partial charge in [0.2, 0.25) is 0 Å². The van der Waals surface area contributed by atoms with E-state index in [2.05, 4.69) is 6.58 Å². The van der Waals surface area contributed by atoms with Crippen LogP contribution in [-0.4, -0.2) is 18.8 Å². The lowest BCUT2D eigenvalue weighted by Gasteiger charge is -2.07. The molecule has 4 nitrogen and oxygen atoms in total. The summed E-state index contributed by atoms with van der Waals surface area (Å²) >= 11 is 0. The molecule has 134 valence electrons. The highest BCUT2D eigenvalue weighted by Gasteiger charge is 2.13. The van der Waals surface area contributed by atoms with Crippen LogP contribution < -0.4 is 0 Å². The number of ketones is 1. The standard InChI is InChI=1S/C19H28O4S/c1-2-18(20)15-10-8-6-4-3-5-7-9-13-17-14-11-12-16-19(17)24(21,22)23/h2,11-12,14,16H,1,3-10,13,15H2,(H,21,22,23). The van der Waals surface area contributed by atoms with Gasteiger partial charge in [-0.25, -0.2) is 0 Å². The Morgan fingerprint density at radius 3 is 2.08 bits per heavy atom. The second-order valence-corrected chi connectivity index (χ2v) is 7.47. The molecular weight excluding hydrogens is 324 g/mol. The van der Waals surface area contributed by atoms with Crippen molar-refractivity contribution in [3.8, 4) is 0 Å².